The van der Waals surface area contributed by atoms with Gasteiger partial charge in [0.15, 0.2) is 0 Å². The van der Waals surface area contributed by atoms with Crippen LogP contribution in [0, 0.1) is 0 Å². The van der Waals surface area contributed by atoms with Crippen molar-refractivity contribution < 1.29 is 0 Å². The van der Waals surface area contributed by atoms with Crippen LogP contribution in [0.3, 0.4) is 0 Å². The highest BCUT2D eigenvalue weighted by molar-refractivity contribution is 5.98. The summed E-state index contributed by atoms with van der Waals surface area (Å²) in [5, 5.41) is 2.50. The molecule has 0 aliphatic heterocycles. The lowest BCUT2D eigenvalue weighted by molar-refractivity contribution is 0.660. The first-order chi connectivity index (χ1) is 27.5. The third-order valence-electron chi connectivity index (χ3n) is 11.7. The first-order valence-electron chi connectivity index (χ1n) is 19.5. The number of anilines is 3. The largest absolute Gasteiger partial charge is 0.310 e. The highest BCUT2D eigenvalue weighted by atomic mass is 15.1. The fourth-order valence-electron chi connectivity index (χ4n) is 8.82. The van der Waals surface area contributed by atoms with E-state index in [9.17, 15) is 0 Å². The van der Waals surface area contributed by atoms with Crippen LogP contribution >= 0.6 is 0 Å². The van der Waals surface area contributed by atoms with E-state index in [0.717, 1.165) is 17.1 Å². The molecule has 56 heavy (non-hydrogen) atoms. The molecular weight excluding hydrogens is 675 g/mol. The Hall–Kier alpha value is -6.96. The van der Waals surface area contributed by atoms with Gasteiger partial charge in [-0.25, -0.2) is 0 Å². The van der Waals surface area contributed by atoms with E-state index in [1.165, 1.54) is 77.5 Å². The minimum absolute atomic E-state index is 0.0475. The van der Waals surface area contributed by atoms with E-state index in [2.05, 4.69) is 231 Å². The third-order valence-corrected chi connectivity index (χ3v) is 11.7. The molecular formula is C55H41N. The van der Waals surface area contributed by atoms with Crippen molar-refractivity contribution in [3.05, 3.63) is 223 Å². The monoisotopic (exact) mass is 715 g/mol. The smallest absolute Gasteiger partial charge is 0.0546 e. The van der Waals surface area contributed by atoms with Gasteiger partial charge in [0.25, 0.3) is 0 Å². The van der Waals surface area contributed by atoms with Gasteiger partial charge in [0.05, 0.1) is 5.69 Å². The Morgan fingerprint density at radius 1 is 0.321 bits per heavy atom. The van der Waals surface area contributed by atoms with Crippen LogP contribution < -0.4 is 4.90 Å². The van der Waals surface area contributed by atoms with E-state index in [0.29, 0.717) is 0 Å². The van der Waals surface area contributed by atoms with Crippen molar-refractivity contribution in [3.63, 3.8) is 0 Å². The molecule has 1 heteroatoms. The molecule has 9 aromatic carbocycles. The lowest BCUT2D eigenvalue weighted by Gasteiger charge is -2.30. The standard InChI is InChI=1S/C55H41N/c1-55(2)51-25-12-11-23-49(51)50-37-45(31-34-52(50)55)48-24-14-26-53(54(48)41-18-7-4-8-19-41)56(47-22-13-21-43(36-47)38-15-5-3-6-16-38)46-32-29-40(30-33-46)44-28-27-39-17-9-10-20-42(39)35-44/h3-37H,1-2H3. The molecule has 0 radical (unpaired) electrons. The van der Waals surface area contributed by atoms with Crippen molar-refractivity contribution >= 4 is 27.8 Å². The van der Waals surface area contributed by atoms with Gasteiger partial charge in [-0.05, 0) is 114 Å². The van der Waals surface area contributed by atoms with Crippen molar-refractivity contribution in [2.45, 2.75) is 19.3 Å². The summed E-state index contributed by atoms with van der Waals surface area (Å²) in [6.07, 6.45) is 0. The molecule has 0 N–H and O–H groups in total. The van der Waals surface area contributed by atoms with Gasteiger partial charge in [-0.2, -0.15) is 0 Å². The Kier molecular flexibility index (Phi) is 8.23. The minimum atomic E-state index is -0.0475. The molecule has 0 spiro atoms. The average Bonchev–Trinajstić information content (AvgIpc) is 3.49. The second-order valence-electron chi connectivity index (χ2n) is 15.4. The van der Waals surface area contributed by atoms with E-state index in [-0.39, 0.29) is 5.41 Å². The summed E-state index contributed by atoms with van der Waals surface area (Å²) in [5.74, 6) is 0. The molecule has 1 aliphatic carbocycles. The van der Waals surface area contributed by atoms with Gasteiger partial charge in [-0.3, -0.25) is 0 Å². The van der Waals surface area contributed by atoms with E-state index in [1.807, 2.05) is 0 Å². The third kappa shape index (κ3) is 5.81. The number of rotatable bonds is 7. The zero-order valence-corrected chi connectivity index (χ0v) is 31.7. The first kappa shape index (κ1) is 33.6. The summed E-state index contributed by atoms with van der Waals surface area (Å²) < 4.78 is 0. The molecule has 0 aromatic heterocycles. The topological polar surface area (TPSA) is 3.24 Å². The molecule has 266 valence electrons. The van der Waals surface area contributed by atoms with Crippen LogP contribution in [0.2, 0.25) is 0 Å². The predicted octanol–water partition coefficient (Wildman–Crippen LogP) is 15.3. The van der Waals surface area contributed by atoms with E-state index in [4.69, 9.17) is 0 Å². The maximum atomic E-state index is 2.44. The number of hydrogen-bond donors (Lipinski definition) is 0. The molecule has 0 saturated carbocycles. The highest BCUT2D eigenvalue weighted by Gasteiger charge is 2.35. The van der Waals surface area contributed by atoms with Gasteiger partial charge in [-0.1, -0.05) is 184 Å². The Morgan fingerprint density at radius 3 is 1.70 bits per heavy atom. The molecule has 0 atom stereocenters. The normalized spacial score (nSPS) is 12.6. The van der Waals surface area contributed by atoms with Gasteiger partial charge in [-0.15, -0.1) is 0 Å². The summed E-state index contributed by atoms with van der Waals surface area (Å²) in [7, 11) is 0. The minimum Gasteiger partial charge on any atom is -0.310 e. The molecule has 1 aliphatic rings. The molecule has 0 fully saturated rings. The zero-order valence-electron chi connectivity index (χ0n) is 31.7. The van der Waals surface area contributed by atoms with Crippen molar-refractivity contribution in [2.24, 2.45) is 0 Å². The molecule has 0 unspecified atom stereocenters. The van der Waals surface area contributed by atoms with Crippen molar-refractivity contribution in [1.29, 1.82) is 0 Å². The maximum Gasteiger partial charge on any atom is 0.0546 e. The quantitative estimate of drug-likeness (QED) is 0.159. The Morgan fingerprint density at radius 2 is 0.893 bits per heavy atom. The van der Waals surface area contributed by atoms with Crippen molar-refractivity contribution in [1.82, 2.24) is 0 Å². The fourth-order valence-corrected chi connectivity index (χ4v) is 8.82. The van der Waals surface area contributed by atoms with E-state index in [1.54, 1.807) is 0 Å². The summed E-state index contributed by atoms with van der Waals surface area (Å²) in [4.78, 5) is 2.44. The van der Waals surface area contributed by atoms with Gasteiger partial charge in [0.1, 0.15) is 0 Å². The van der Waals surface area contributed by atoms with Gasteiger partial charge < -0.3 is 4.90 Å². The molecule has 0 heterocycles. The van der Waals surface area contributed by atoms with Crippen LogP contribution in [-0.4, -0.2) is 0 Å². The molecule has 10 rings (SSSR count). The highest BCUT2D eigenvalue weighted by Crippen LogP contribution is 2.51. The Bertz CT molecular complexity index is 2870. The van der Waals surface area contributed by atoms with Gasteiger partial charge >= 0.3 is 0 Å². The van der Waals surface area contributed by atoms with Crippen molar-refractivity contribution in [3.8, 4) is 55.6 Å². The second kappa shape index (κ2) is 13.7. The Labute approximate surface area is 329 Å². The van der Waals surface area contributed by atoms with Crippen LogP contribution in [0.5, 0.6) is 0 Å². The maximum absolute atomic E-state index is 2.44. The van der Waals surface area contributed by atoms with Crippen LogP contribution in [0.4, 0.5) is 17.1 Å². The van der Waals surface area contributed by atoms with Crippen LogP contribution in [0.1, 0.15) is 25.0 Å². The molecule has 0 saturated heterocycles. The molecule has 0 bridgehead atoms. The van der Waals surface area contributed by atoms with Crippen molar-refractivity contribution in [2.75, 3.05) is 4.90 Å². The SMILES string of the molecule is CC1(C)c2ccccc2-c2cc(-c3cccc(N(c4ccc(-c5ccc6ccccc6c5)cc4)c4cccc(-c5ccccc5)c4)c3-c3ccccc3)ccc21. The molecule has 9 aromatic rings. The lowest BCUT2D eigenvalue weighted by atomic mass is 9.82. The zero-order chi connectivity index (χ0) is 37.6. The lowest BCUT2D eigenvalue weighted by Crippen LogP contribution is -2.14. The number of hydrogen-bond acceptors (Lipinski definition) is 1. The van der Waals surface area contributed by atoms with Gasteiger partial charge in [0, 0.05) is 22.4 Å². The fraction of sp³-hybridized carbons (Fsp3) is 0.0545. The van der Waals surface area contributed by atoms with Crippen LogP contribution in [0.25, 0.3) is 66.4 Å². The Balaban J connectivity index is 1.17. The molecule has 1 nitrogen and oxygen atoms in total. The number of benzene rings is 9. The summed E-state index contributed by atoms with van der Waals surface area (Å²) in [6.45, 7) is 4.69. The summed E-state index contributed by atoms with van der Waals surface area (Å²) in [5.41, 5.74) is 18.3. The number of nitrogens with zero attached hydrogens (tertiary/aromatic N) is 1. The molecule has 0 amide bonds. The number of fused-ring (bicyclic) bond motifs is 4. The van der Waals surface area contributed by atoms with E-state index >= 15 is 0 Å². The predicted molar refractivity (Wildman–Crippen MR) is 238 cm³/mol. The van der Waals surface area contributed by atoms with E-state index < -0.39 is 0 Å². The second-order valence-corrected chi connectivity index (χ2v) is 15.4. The van der Waals surface area contributed by atoms with Crippen LogP contribution in [-0.2, 0) is 5.41 Å². The average molecular weight is 716 g/mol. The first-order valence-corrected chi connectivity index (χ1v) is 19.5. The van der Waals surface area contributed by atoms with Gasteiger partial charge in [0.2, 0.25) is 0 Å². The van der Waals surface area contributed by atoms with Crippen LogP contribution in [0.15, 0.2) is 212 Å². The summed E-state index contributed by atoms with van der Waals surface area (Å²) in [6, 6.07) is 77.7. The summed E-state index contributed by atoms with van der Waals surface area (Å²) >= 11 is 0.